The van der Waals surface area contributed by atoms with E-state index in [0.29, 0.717) is 5.39 Å². The molecule has 3 heteroatoms. The normalized spacial score (nSPS) is 10.4. The molecule has 1 N–H and O–H groups in total. The van der Waals surface area contributed by atoms with Crippen molar-refractivity contribution in [2.24, 2.45) is 0 Å². The Kier molecular flexibility index (Phi) is 1.93. The van der Waals surface area contributed by atoms with Gasteiger partial charge in [0.2, 0.25) is 0 Å². The summed E-state index contributed by atoms with van der Waals surface area (Å²) in [6.07, 6.45) is 0. The number of rotatable bonds is 1. The summed E-state index contributed by atoms with van der Waals surface area (Å²) in [4.78, 5) is 10.8. The summed E-state index contributed by atoms with van der Waals surface area (Å²) in [5.74, 6) is -1.93. The molecule has 0 bridgehead atoms. The maximum atomic E-state index is 13.2. The predicted molar refractivity (Wildman–Crippen MR) is 50.9 cm³/mol. The molecule has 0 fully saturated rings. The molecule has 0 saturated carbocycles. The smallest absolute Gasteiger partial charge is 0.339 e. The number of hydrogen-bond acceptors (Lipinski definition) is 1. The molecule has 0 atom stereocenters. The van der Waals surface area contributed by atoms with Crippen LogP contribution in [0.25, 0.3) is 10.8 Å². The first kappa shape index (κ1) is 8.69. The van der Waals surface area contributed by atoms with E-state index in [1.165, 1.54) is 6.07 Å². The second kappa shape index (κ2) is 3.10. The minimum Gasteiger partial charge on any atom is -0.478 e. The van der Waals surface area contributed by atoms with Gasteiger partial charge in [0, 0.05) is 0 Å². The Morgan fingerprint density at radius 1 is 1.14 bits per heavy atom. The van der Waals surface area contributed by atoms with E-state index in [9.17, 15) is 9.18 Å². The van der Waals surface area contributed by atoms with Gasteiger partial charge in [0.05, 0.1) is 0 Å². The van der Waals surface area contributed by atoms with E-state index in [0.717, 1.165) is 5.39 Å². The summed E-state index contributed by atoms with van der Waals surface area (Å²) < 4.78 is 13.2. The largest absolute Gasteiger partial charge is 0.478 e. The highest BCUT2D eigenvalue weighted by molar-refractivity contribution is 6.03. The van der Waals surface area contributed by atoms with Crippen molar-refractivity contribution >= 4 is 16.7 Å². The Labute approximate surface area is 79.6 Å². The van der Waals surface area contributed by atoms with Gasteiger partial charge in [-0.2, -0.15) is 0 Å². The monoisotopic (exact) mass is 190 g/mol. The van der Waals surface area contributed by atoms with Crippen LogP contribution in [0.1, 0.15) is 10.4 Å². The zero-order valence-corrected chi connectivity index (χ0v) is 7.20. The molecular formula is C11H7FO2. The molecule has 0 aliphatic heterocycles. The highest BCUT2D eigenvalue weighted by atomic mass is 19.1. The van der Waals surface area contributed by atoms with E-state index in [4.69, 9.17) is 5.11 Å². The maximum Gasteiger partial charge on any atom is 0.339 e. The number of carbonyl (C=O) groups is 1. The summed E-state index contributed by atoms with van der Waals surface area (Å²) >= 11 is 0. The van der Waals surface area contributed by atoms with Crippen molar-refractivity contribution in [1.82, 2.24) is 0 Å². The summed E-state index contributed by atoms with van der Waals surface area (Å²) in [5.41, 5.74) is -0.261. The van der Waals surface area contributed by atoms with Gasteiger partial charge in [-0.15, -0.1) is 0 Å². The van der Waals surface area contributed by atoms with E-state index in [2.05, 4.69) is 0 Å². The fraction of sp³-hybridized carbons (Fsp3) is 0. The van der Waals surface area contributed by atoms with Crippen molar-refractivity contribution in [3.63, 3.8) is 0 Å². The second-order valence-corrected chi connectivity index (χ2v) is 2.95. The number of benzene rings is 2. The molecule has 14 heavy (non-hydrogen) atoms. The minimum absolute atomic E-state index is 0.261. The predicted octanol–water partition coefficient (Wildman–Crippen LogP) is 2.68. The standard InChI is InChI=1S/C11H7FO2/c12-9-6-5-7-3-1-2-4-8(7)10(9)11(13)14/h1-6H,(H,13,14). The van der Waals surface area contributed by atoms with Crippen LogP contribution in [0.4, 0.5) is 4.39 Å². The third-order valence-corrected chi connectivity index (χ3v) is 2.09. The molecule has 0 unspecified atom stereocenters. The van der Waals surface area contributed by atoms with Crippen molar-refractivity contribution in [2.75, 3.05) is 0 Å². The molecule has 2 rings (SSSR count). The average Bonchev–Trinajstić information content (AvgIpc) is 2.17. The summed E-state index contributed by atoms with van der Waals surface area (Å²) in [5, 5.41) is 9.98. The average molecular weight is 190 g/mol. The molecule has 2 aromatic rings. The van der Waals surface area contributed by atoms with E-state index in [-0.39, 0.29) is 5.56 Å². The molecule has 2 nitrogen and oxygen atoms in total. The van der Waals surface area contributed by atoms with Crippen LogP contribution in [0.15, 0.2) is 36.4 Å². The lowest BCUT2D eigenvalue weighted by Gasteiger charge is -2.02. The number of carboxylic acid groups (broad SMARTS) is 1. The minimum atomic E-state index is -1.24. The van der Waals surface area contributed by atoms with Crippen LogP contribution in [-0.2, 0) is 0 Å². The van der Waals surface area contributed by atoms with Crippen LogP contribution in [0.5, 0.6) is 0 Å². The maximum absolute atomic E-state index is 13.2. The van der Waals surface area contributed by atoms with E-state index < -0.39 is 11.8 Å². The first-order chi connectivity index (χ1) is 6.70. The van der Waals surface area contributed by atoms with Crippen LogP contribution < -0.4 is 0 Å². The zero-order chi connectivity index (χ0) is 10.1. The molecular weight excluding hydrogens is 183 g/mol. The molecule has 0 saturated heterocycles. The van der Waals surface area contributed by atoms with Crippen molar-refractivity contribution in [3.05, 3.63) is 47.8 Å². The lowest BCUT2D eigenvalue weighted by atomic mass is 10.0. The quantitative estimate of drug-likeness (QED) is 0.750. The summed E-state index contributed by atoms with van der Waals surface area (Å²) in [6, 6.07) is 9.56. The molecule has 0 aromatic heterocycles. The Balaban J connectivity index is 2.90. The van der Waals surface area contributed by atoms with E-state index >= 15 is 0 Å². The highest BCUT2D eigenvalue weighted by Crippen LogP contribution is 2.21. The lowest BCUT2D eigenvalue weighted by molar-refractivity contribution is 0.0694. The topological polar surface area (TPSA) is 37.3 Å². The Morgan fingerprint density at radius 3 is 2.57 bits per heavy atom. The van der Waals surface area contributed by atoms with Crippen molar-refractivity contribution < 1.29 is 14.3 Å². The number of hydrogen-bond donors (Lipinski definition) is 1. The number of carboxylic acids is 1. The van der Waals surface area contributed by atoms with E-state index in [1.54, 1.807) is 30.3 Å². The number of fused-ring (bicyclic) bond motifs is 1. The van der Waals surface area contributed by atoms with Gasteiger partial charge < -0.3 is 5.11 Å². The third kappa shape index (κ3) is 1.23. The van der Waals surface area contributed by atoms with Gasteiger partial charge in [-0.05, 0) is 16.8 Å². The summed E-state index contributed by atoms with van der Waals surface area (Å²) in [7, 11) is 0. The zero-order valence-electron chi connectivity index (χ0n) is 7.20. The Morgan fingerprint density at radius 2 is 1.86 bits per heavy atom. The van der Waals surface area contributed by atoms with E-state index in [1.807, 2.05) is 0 Å². The summed E-state index contributed by atoms with van der Waals surface area (Å²) in [6.45, 7) is 0. The first-order valence-corrected chi connectivity index (χ1v) is 4.10. The Bertz CT molecular complexity index is 506. The van der Waals surface area contributed by atoms with Crippen molar-refractivity contribution in [3.8, 4) is 0 Å². The van der Waals surface area contributed by atoms with Gasteiger partial charge in [0.15, 0.2) is 0 Å². The van der Waals surface area contributed by atoms with Gasteiger partial charge in [-0.3, -0.25) is 0 Å². The van der Waals surface area contributed by atoms with Gasteiger partial charge in [-0.25, -0.2) is 9.18 Å². The highest BCUT2D eigenvalue weighted by Gasteiger charge is 2.13. The van der Waals surface area contributed by atoms with Gasteiger partial charge >= 0.3 is 5.97 Å². The molecule has 0 amide bonds. The van der Waals surface area contributed by atoms with Crippen molar-refractivity contribution in [1.29, 1.82) is 0 Å². The molecule has 0 aliphatic carbocycles. The van der Waals surface area contributed by atoms with Gasteiger partial charge in [-0.1, -0.05) is 30.3 Å². The SMILES string of the molecule is O=C(O)c1c(F)ccc2ccccc12. The first-order valence-electron chi connectivity index (χ1n) is 4.10. The number of aromatic carboxylic acids is 1. The molecule has 0 aliphatic rings. The van der Waals surface area contributed by atoms with Crippen LogP contribution in [-0.4, -0.2) is 11.1 Å². The molecule has 0 heterocycles. The molecule has 2 aromatic carbocycles. The fourth-order valence-electron chi connectivity index (χ4n) is 1.46. The third-order valence-electron chi connectivity index (χ3n) is 2.09. The fourth-order valence-corrected chi connectivity index (χ4v) is 1.46. The second-order valence-electron chi connectivity index (χ2n) is 2.95. The van der Waals surface area contributed by atoms with Crippen molar-refractivity contribution in [2.45, 2.75) is 0 Å². The Hall–Kier alpha value is -1.90. The van der Waals surface area contributed by atoms with Crippen LogP contribution in [0.3, 0.4) is 0 Å². The molecule has 70 valence electrons. The number of halogens is 1. The van der Waals surface area contributed by atoms with Gasteiger partial charge in [0.25, 0.3) is 0 Å². The van der Waals surface area contributed by atoms with Gasteiger partial charge in [0.1, 0.15) is 11.4 Å². The van der Waals surface area contributed by atoms with Crippen LogP contribution in [0, 0.1) is 5.82 Å². The molecule has 0 spiro atoms. The van der Waals surface area contributed by atoms with Crippen LogP contribution in [0.2, 0.25) is 0 Å². The van der Waals surface area contributed by atoms with Crippen LogP contribution >= 0.6 is 0 Å². The lowest BCUT2D eigenvalue weighted by Crippen LogP contribution is -2.01. The molecule has 0 radical (unpaired) electrons.